The molecule has 0 aliphatic carbocycles. The number of nitrogens with zero attached hydrogens (tertiary/aromatic N) is 1. The quantitative estimate of drug-likeness (QED) is 0.784. The number of aliphatic carboxylic acids is 1. The van der Waals surface area contributed by atoms with Crippen molar-refractivity contribution in [1.29, 1.82) is 0 Å². The Kier molecular flexibility index (Phi) is 3.93. The topological polar surface area (TPSA) is 66.8 Å². The van der Waals surface area contributed by atoms with Crippen LogP contribution in [0.5, 0.6) is 0 Å². The molecule has 18 heavy (non-hydrogen) atoms. The highest BCUT2D eigenvalue weighted by Gasteiger charge is 2.44. The van der Waals surface area contributed by atoms with Crippen LogP contribution in [0.2, 0.25) is 0 Å². The van der Waals surface area contributed by atoms with E-state index in [-0.39, 0.29) is 0 Å². The minimum atomic E-state index is -0.964. The second-order valence-corrected chi connectivity index (χ2v) is 6.41. The van der Waals surface area contributed by atoms with Gasteiger partial charge in [0, 0.05) is 5.54 Å². The van der Waals surface area contributed by atoms with Gasteiger partial charge in [-0.25, -0.2) is 9.59 Å². The van der Waals surface area contributed by atoms with Gasteiger partial charge in [-0.2, -0.15) is 0 Å². The van der Waals surface area contributed by atoms with Crippen LogP contribution >= 0.6 is 0 Å². The number of hydrogen-bond acceptors (Lipinski definition) is 3. The Hall–Kier alpha value is -1.26. The van der Waals surface area contributed by atoms with E-state index < -0.39 is 29.2 Å². The number of likely N-dealkylation sites (tertiary alicyclic amines) is 1. The first-order valence-electron chi connectivity index (χ1n) is 6.30. The zero-order chi connectivity index (χ0) is 14.1. The smallest absolute Gasteiger partial charge is 0.411 e. The summed E-state index contributed by atoms with van der Waals surface area (Å²) in [6, 6.07) is -0.788. The normalized spacial score (nSPS) is 23.6. The van der Waals surface area contributed by atoms with Crippen LogP contribution in [-0.4, -0.2) is 39.3 Å². The molecule has 0 bridgehead atoms. The molecule has 0 spiro atoms. The summed E-state index contributed by atoms with van der Waals surface area (Å²) in [6.07, 6.45) is 1.54. The van der Waals surface area contributed by atoms with E-state index in [0.717, 1.165) is 12.8 Å². The van der Waals surface area contributed by atoms with Crippen LogP contribution < -0.4 is 0 Å². The van der Waals surface area contributed by atoms with Gasteiger partial charge in [-0.05, 0) is 53.9 Å². The molecule has 1 fully saturated rings. The van der Waals surface area contributed by atoms with Gasteiger partial charge in [-0.1, -0.05) is 0 Å². The lowest BCUT2D eigenvalue weighted by Crippen LogP contribution is -2.59. The summed E-state index contributed by atoms with van der Waals surface area (Å²) in [6.45, 7) is 9.09. The average molecular weight is 257 g/mol. The molecule has 0 unspecified atom stereocenters. The summed E-state index contributed by atoms with van der Waals surface area (Å²) in [7, 11) is 0. The lowest BCUT2D eigenvalue weighted by molar-refractivity contribution is -0.147. The Balaban J connectivity index is 2.97. The van der Waals surface area contributed by atoms with Crippen molar-refractivity contribution in [2.45, 2.75) is 71.1 Å². The maximum atomic E-state index is 12.2. The summed E-state index contributed by atoms with van der Waals surface area (Å²) in [5.74, 6) is -0.964. The van der Waals surface area contributed by atoms with Gasteiger partial charge in [0.1, 0.15) is 11.6 Å². The molecule has 1 heterocycles. The summed E-state index contributed by atoms with van der Waals surface area (Å²) >= 11 is 0. The Morgan fingerprint density at radius 1 is 1.33 bits per heavy atom. The molecule has 5 heteroatoms. The van der Waals surface area contributed by atoms with Crippen molar-refractivity contribution in [2.75, 3.05) is 0 Å². The zero-order valence-electron chi connectivity index (χ0n) is 11.8. The molecule has 1 rings (SSSR count). The second-order valence-electron chi connectivity index (χ2n) is 6.41. The Morgan fingerprint density at radius 2 is 1.89 bits per heavy atom. The summed E-state index contributed by atoms with van der Waals surface area (Å²) < 4.78 is 5.32. The van der Waals surface area contributed by atoms with Gasteiger partial charge in [-0.3, -0.25) is 4.90 Å². The lowest BCUT2D eigenvalue weighted by Gasteiger charge is -2.46. The number of carboxylic acid groups (broad SMARTS) is 1. The average Bonchev–Trinajstić information content (AvgIpc) is 2.12. The van der Waals surface area contributed by atoms with E-state index in [4.69, 9.17) is 4.74 Å². The molecular weight excluding hydrogens is 234 g/mol. The molecule has 0 aromatic carbocycles. The van der Waals surface area contributed by atoms with Crippen LogP contribution in [0.4, 0.5) is 4.79 Å². The highest BCUT2D eigenvalue weighted by atomic mass is 16.6. The van der Waals surface area contributed by atoms with Crippen LogP contribution in [-0.2, 0) is 9.53 Å². The predicted octanol–water partition coefficient (Wildman–Crippen LogP) is 2.64. The Labute approximate surface area is 108 Å². The van der Waals surface area contributed by atoms with Gasteiger partial charge in [0.05, 0.1) is 0 Å². The van der Waals surface area contributed by atoms with Gasteiger partial charge in [0.25, 0.3) is 0 Å². The molecule has 1 atom stereocenters. The number of rotatable bonds is 1. The minimum Gasteiger partial charge on any atom is -0.480 e. The lowest BCUT2D eigenvalue weighted by atomic mass is 9.86. The van der Waals surface area contributed by atoms with Crippen molar-refractivity contribution < 1.29 is 19.4 Å². The van der Waals surface area contributed by atoms with Crippen LogP contribution in [0.15, 0.2) is 0 Å². The van der Waals surface area contributed by atoms with Crippen molar-refractivity contribution in [3.63, 3.8) is 0 Å². The minimum absolute atomic E-state index is 0.482. The zero-order valence-corrected chi connectivity index (χ0v) is 11.8. The first-order chi connectivity index (χ1) is 8.04. The fraction of sp³-hybridized carbons (Fsp3) is 0.846. The van der Waals surface area contributed by atoms with Gasteiger partial charge in [0.2, 0.25) is 0 Å². The molecule has 104 valence electrons. The third-order valence-corrected chi connectivity index (χ3v) is 3.11. The van der Waals surface area contributed by atoms with E-state index in [0.29, 0.717) is 6.42 Å². The molecule has 0 saturated carbocycles. The van der Waals surface area contributed by atoms with Crippen molar-refractivity contribution >= 4 is 12.1 Å². The monoisotopic (exact) mass is 257 g/mol. The molecular formula is C13H23NO4. The molecule has 1 saturated heterocycles. The van der Waals surface area contributed by atoms with Crippen molar-refractivity contribution in [3.05, 3.63) is 0 Å². The van der Waals surface area contributed by atoms with Crippen LogP contribution in [0.3, 0.4) is 0 Å². The number of carbonyl (C=O) groups excluding carboxylic acids is 1. The molecule has 0 aromatic heterocycles. The van der Waals surface area contributed by atoms with E-state index in [9.17, 15) is 14.7 Å². The van der Waals surface area contributed by atoms with E-state index in [2.05, 4.69) is 0 Å². The van der Waals surface area contributed by atoms with Crippen LogP contribution in [0.1, 0.15) is 53.9 Å². The summed E-state index contributed by atoms with van der Waals surface area (Å²) in [5.41, 5.74) is -1.10. The fourth-order valence-corrected chi connectivity index (χ4v) is 2.32. The fourth-order valence-electron chi connectivity index (χ4n) is 2.32. The van der Waals surface area contributed by atoms with E-state index in [1.165, 1.54) is 4.90 Å². The van der Waals surface area contributed by atoms with Gasteiger partial charge in [-0.15, -0.1) is 0 Å². The van der Waals surface area contributed by atoms with E-state index in [1.807, 2.05) is 13.8 Å². The van der Waals surface area contributed by atoms with Gasteiger partial charge >= 0.3 is 12.1 Å². The van der Waals surface area contributed by atoms with Gasteiger partial charge in [0.15, 0.2) is 0 Å². The third-order valence-electron chi connectivity index (χ3n) is 3.11. The number of piperidine rings is 1. The molecule has 0 radical (unpaired) electrons. The Bertz CT molecular complexity index is 343. The highest BCUT2D eigenvalue weighted by molar-refractivity contribution is 5.81. The van der Waals surface area contributed by atoms with Gasteiger partial charge < -0.3 is 9.84 Å². The molecule has 1 amide bonds. The predicted molar refractivity (Wildman–Crippen MR) is 67.4 cm³/mol. The van der Waals surface area contributed by atoms with Crippen LogP contribution in [0, 0.1) is 0 Å². The molecule has 0 aromatic rings. The second kappa shape index (κ2) is 4.78. The molecule has 1 aliphatic rings. The highest BCUT2D eigenvalue weighted by Crippen LogP contribution is 2.33. The Morgan fingerprint density at radius 3 is 2.33 bits per heavy atom. The standard InChI is InChI=1S/C13H23NO4/c1-12(2,3)18-11(17)14-9(10(15)16)7-6-8-13(14,4)5/h9H,6-8H2,1-5H3,(H,15,16)/t9-/m0/s1. The van der Waals surface area contributed by atoms with Crippen LogP contribution in [0.25, 0.3) is 0 Å². The largest absolute Gasteiger partial charge is 0.480 e. The van der Waals surface area contributed by atoms with Crippen molar-refractivity contribution in [1.82, 2.24) is 4.90 Å². The van der Waals surface area contributed by atoms with Crippen molar-refractivity contribution in [3.8, 4) is 0 Å². The maximum absolute atomic E-state index is 12.2. The SMILES string of the molecule is CC(C)(C)OC(=O)N1[C@H](C(=O)O)CCCC1(C)C. The summed E-state index contributed by atoms with van der Waals surface area (Å²) in [5, 5.41) is 9.24. The molecule has 5 nitrogen and oxygen atoms in total. The summed E-state index contributed by atoms with van der Waals surface area (Å²) in [4.78, 5) is 24.8. The molecule has 1 N–H and O–H groups in total. The number of ether oxygens (including phenoxy) is 1. The molecule has 1 aliphatic heterocycles. The van der Waals surface area contributed by atoms with E-state index >= 15 is 0 Å². The van der Waals surface area contributed by atoms with Crippen molar-refractivity contribution in [2.24, 2.45) is 0 Å². The first-order valence-corrected chi connectivity index (χ1v) is 6.30. The third kappa shape index (κ3) is 3.37. The maximum Gasteiger partial charge on any atom is 0.411 e. The first kappa shape index (κ1) is 14.8. The number of carboxylic acids is 1. The number of amides is 1. The number of hydrogen-bond donors (Lipinski definition) is 1. The number of carbonyl (C=O) groups is 2. The van der Waals surface area contributed by atoms with E-state index in [1.54, 1.807) is 20.8 Å².